The van der Waals surface area contributed by atoms with E-state index in [-0.39, 0.29) is 11.5 Å². The smallest absolute Gasteiger partial charge is 0.287 e. The van der Waals surface area contributed by atoms with Crippen molar-refractivity contribution in [2.75, 3.05) is 5.75 Å². The highest BCUT2D eigenvalue weighted by molar-refractivity contribution is 7.99. The minimum absolute atomic E-state index is 0.00849. The zero-order valence-corrected chi connectivity index (χ0v) is 12.9. The number of nitrogens with zero attached hydrogens (tertiary/aromatic N) is 2. The van der Waals surface area contributed by atoms with Crippen LogP contribution < -0.4 is 0 Å². The van der Waals surface area contributed by atoms with Crippen LogP contribution >= 0.6 is 11.8 Å². The van der Waals surface area contributed by atoms with E-state index in [1.165, 1.54) is 43.4 Å². The first-order chi connectivity index (χ1) is 9.51. The normalized spacial score (nSPS) is 9.95. The Morgan fingerprint density at radius 1 is 1.45 bits per heavy atom. The Balaban J connectivity index is 0.00000110. The molecule has 110 valence electrons. The average Bonchev–Trinajstić information content (AvgIpc) is 2.39. The topological polar surface area (TPSA) is 73.1 Å². The Morgan fingerprint density at radius 2 is 2.10 bits per heavy atom. The van der Waals surface area contributed by atoms with Crippen LogP contribution in [0, 0.1) is 10.1 Å². The Kier molecular flexibility index (Phi) is 10.2. The van der Waals surface area contributed by atoms with Crippen molar-refractivity contribution in [1.82, 2.24) is 4.98 Å². The Bertz CT molecular complexity index is 444. The summed E-state index contributed by atoms with van der Waals surface area (Å²) in [6.07, 6.45) is 6.60. The number of nitro groups is 1. The van der Waals surface area contributed by atoms with E-state index in [1.807, 2.05) is 0 Å². The maximum atomic E-state index is 10.6. The molecule has 0 aromatic carbocycles. The van der Waals surface area contributed by atoms with Crippen molar-refractivity contribution in [2.24, 2.45) is 0 Å². The molecular weight excluding hydrogens is 276 g/mol. The fraction of sp³-hybridized carbons (Fsp3) is 0.429. The lowest BCUT2D eigenvalue weighted by atomic mass is 10.3. The Hall–Kier alpha value is -1.69. The molecular formula is C14H20N2O3S. The van der Waals surface area contributed by atoms with Gasteiger partial charge in [0, 0.05) is 11.8 Å². The van der Waals surface area contributed by atoms with Crippen LogP contribution in [0.4, 0.5) is 5.69 Å². The summed E-state index contributed by atoms with van der Waals surface area (Å²) >= 11 is 1.50. The molecule has 1 heterocycles. The van der Waals surface area contributed by atoms with E-state index in [1.54, 1.807) is 12.1 Å². The number of ketones is 1. The maximum Gasteiger partial charge on any atom is 0.287 e. The molecule has 5 nitrogen and oxygen atoms in total. The fourth-order valence-corrected chi connectivity index (χ4v) is 1.80. The van der Waals surface area contributed by atoms with Crippen LogP contribution in [0.3, 0.4) is 0 Å². The van der Waals surface area contributed by atoms with E-state index in [0.717, 1.165) is 17.2 Å². The number of pyridine rings is 1. The quantitative estimate of drug-likeness (QED) is 0.260. The highest BCUT2D eigenvalue weighted by atomic mass is 32.2. The molecule has 0 aliphatic carbocycles. The van der Waals surface area contributed by atoms with Crippen molar-refractivity contribution < 1.29 is 9.72 Å². The standard InChI is InChI=1S/C11H12N2O3S.C3H8/c1-9(14)4-2-3-7-17-11-6-5-10(8-12-11)13(15)16;1-3-2/h2,4-6,8H,3,7H2,1H3;3H2,1-2H3/b4-2+;. The van der Waals surface area contributed by atoms with Crippen LogP contribution in [-0.2, 0) is 4.79 Å². The zero-order valence-electron chi connectivity index (χ0n) is 12.0. The fourth-order valence-electron chi connectivity index (χ4n) is 1.05. The molecule has 1 aromatic heterocycles. The number of carbonyl (C=O) groups excluding carboxylic acids is 1. The molecule has 0 spiro atoms. The second-order valence-corrected chi connectivity index (χ2v) is 5.08. The minimum atomic E-state index is -0.475. The van der Waals surface area contributed by atoms with Gasteiger partial charge >= 0.3 is 0 Å². The lowest BCUT2D eigenvalue weighted by Gasteiger charge is -1.97. The second-order valence-electron chi connectivity index (χ2n) is 3.97. The number of thioether (sulfide) groups is 1. The minimum Gasteiger partial charge on any atom is -0.295 e. The molecule has 1 rings (SSSR count). The van der Waals surface area contributed by atoms with Gasteiger partial charge in [-0.3, -0.25) is 14.9 Å². The van der Waals surface area contributed by atoms with Crippen LogP contribution in [0.5, 0.6) is 0 Å². The van der Waals surface area contributed by atoms with Gasteiger partial charge < -0.3 is 0 Å². The molecule has 1 aromatic rings. The van der Waals surface area contributed by atoms with Crippen molar-refractivity contribution >= 4 is 23.2 Å². The number of hydrogen-bond acceptors (Lipinski definition) is 5. The van der Waals surface area contributed by atoms with Crippen molar-refractivity contribution in [3.63, 3.8) is 0 Å². The summed E-state index contributed by atoms with van der Waals surface area (Å²) in [7, 11) is 0. The zero-order chi connectivity index (χ0) is 15.4. The maximum absolute atomic E-state index is 10.6. The van der Waals surface area contributed by atoms with Gasteiger partial charge in [-0.25, -0.2) is 4.98 Å². The first kappa shape index (κ1) is 18.3. The van der Waals surface area contributed by atoms with Gasteiger partial charge in [0.25, 0.3) is 5.69 Å². The molecule has 0 atom stereocenters. The number of carbonyl (C=O) groups is 1. The summed E-state index contributed by atoms with van der Waals surface area (Å²) in [6.45, 7) is 5.75. The third-order valence-electron chi connectivity index (χ3n) is 1.82. The number of rotatable bonds is 6. The average molecular weight is 296 g/mol. The molecule has 0 unspecified atom stereocenters. The van der Waals surface area contributed by atoms with Crippen molar-refractivity contribution in [3.05, 3.63) is 40.6 Å². The highest BCUT2D eigenvalue weighted by Gasteiger charge is 2.04. The lowest BCUT2D eigenvalue weighted by Crippen LogP contribution is -1.89. The van der Waals surface area contributed by atoms with Gasteiger partial charge in [-0.2, -0.15) is 0 Å². The van der Waals surface area contributed by atoms with Gasteiger partial charge in [0.05, 0.1) is 9.95 Å². The first-order valence-electron chi connectivity index (χ1n) is 6.41. The predicted molar refractivity (Wildman–Crippen MR) is 82.0 cm³/mol. The Morgan fingerprint density at radius 3 is 2.55 bits per heavy atom. The molecule has 6 heteroatoms. The highest BCUT2D eigenvalue weighted by Crippen LogP contribution is 2.18. The number of hydrogen-bond donors (Lipinski definition) is 0. The molecule has 0 saturated heterocycles. The monoisotopic (exact) mass is 296 g/mol. The SMILES string of the molecule is CC(=O)/C=C/CCSc1ccc([N+](=O)[O-])cn1.CCC. The lowest BCUT2D eigenvalue weighted by molar-refractivity contribution is -0.385. The van der Waals surface area contributed by atoms with E-state index < -0.39 is 4.92 Å². The first-order valence-corrected chi connectivity index (χ1v) is 7.40. The summed E-state index contributed by atoms with van der Waals surface area (Å²) in [4.78, 5) is 24.5. The number of aromatic nitrogens is 1. The Labute approximate surface area is 123 Å². The summed E-state index contributed by atoms with van der Waals surface area (Å²) in [6, 6.07) is 3.05. The molecule has 0 aliphatic heterocycles. The van der Waals surface area contributed by atoms with Gasteiger partial charge in [-0.05, 0) is 25.5 Å². The van der Waals surface area contributed by atoms with Gasteiger partial charge in [-0.1, -0.05) is 26.3 Å². The van der Waals surface area contributed by atoms with E-state index in [4.69, 9.17) is 0 Å². The number of allylic oxidation sites excluding steroid dienone is 2. The molecule has 0 radical (unpaired) electrons. The van der Waals surface area contributed by atoms with Gasteiger partial charge in [0.15, 0.2) is 5.78 Å². The summed E-state index contributed by atoms with van der Waals surface area (Å²) in [5, 5.41) is 11.1. The van der Waals surface area contributed by atoms with Crippen LogP contribution in [0.15, 0.2) is 35.5 Å². The van der Waals surface area contributed by atoms with E-state index in [9.17, 15) is 14.9 Å². The third-order valence-corrected chi connectivity index (χ3v) is 2.80. The van der Waals surface area contributed by atoms with Crippen molar-refractivity contribution in [2.45, 2.75) is 38.6 Å². The molecule has 0 bridgehead atoms. The van der Waals surface area contributed by atoms with Crippen LogP contribution in [-0.4, -0.2) is 21.4 Å². The summed E-state index contributed by atoms with van der Waals surface area (Å²) in [5.74, 6) is 0.817. The van der Waals surface area contributed by atoms with Crippen LogP contribution in [0.25, 0.3) is 0 Å². The molecule has 0 N–H and O–H groups in total. The van der Waals surface area contributed by atoms with E-state index in [0.29, 0.717) is 0 Å². The summed E-state index contributed by atoms with van der Waals surface area (Å²) < 4.78 is 0. The van der Waals surface area contributed by atoms with Gasteiger partial charge in [-0.15, -0.1) is 11.8 Å². The predicted octanol–water partition coefficient (Wildman–Crippen LogP) is 4.03. The van der Waals surface area contributed by atoms with E-state index in [2.05, 4.69) is 18.8 Å². The van der Waals surface area contributed by atoms with Crippen molar-refractivity contribution in [1.29, 1.82) is 0 Å². The van der Waals surface area contributed by atoms with Crippen LogP contribution in [0.1, 0.15) is 33.6 Å². The molecule has 0 saturated carbocycles. The van der Waals surface area contributed by atoms with Crippen molar-refractivity contribution in [3.8, 4) is 0 Å². The molecule has 0 fully saturated rings. The molecule has 0 aliphatic rings. The molecule has 0 amide bonds. The van der Waals surface area contributed by atoms with Gasteiger partial charge in [0.2, 0.25) is 0 Å². The summed E-state index contributed by atoms with van der Waals surface area (Å²) in [5.41, 5.74) is -0.00849. The second kappa shape index (κ2) is 11.2. The largest absolute Gasteiger partial charge is 0.295 e. The van der Waals surface area contributed by atoms with E-state index >= 15 is 0 Å². The van der Waals surface area contributed by atoms with Crippen LogP contribution in [0.2, 0.25) is 0 Å². The third kappa shape index (κ3) is 9.27. The molecule has 20 heavy (non-hydrogen) atoms. The van der Waals surface area contributed by atoms with Gasteiger partial charge in [0.1, 0.15) is 6.20 Å².